The minimum atomic E-state index is -0.914. The van der Waals surface area contributed by atoms with E-state index >= 15 is 0 Å². The fourth-order valence-electron chi connectivity index (χ4n) is 3.49. The standard InChI is InChI=1S/C23H15Cl2NO4/c24-15-4-1-3-14(11-15)21(28)19-20(13-7-9-18(27)10-8-13)26(23(30)22(19)29)17-6-2-5-16(25)12-17/h1-12,20,27-28H/b21-19+. The maximum absolute atomic E-state index is 13.0. The summed E-state index contributed by atoms with van der Waals surface area (Å²) in [6, 6.07) is 18.1. The first-order valence-electron chi connectivity index (χ1n) is 8.98. The van der Waals surface area contributed by atoms with Gasteiger partial charge in [-0.05, 0) is 48.0 Å². The topological polar surface area (TPSA) is 77.8 Å². The molecule has 4 rings (SSSR count). The SMILES string of the molecule is O=C1C(=O)N(c2cccc(Cl)c2)C(c2ccc(O)cc2)/C1=C(\O)c1cccc(Cl)c1. The Morgan fingerprint density at radius 2 is 1.50 bits per heavy atom. The Bertz CT molecular complexity index is 1190. The Morgan fingerprint density at radius 1 is 0.867 bits per heavy atom. The van der Waals surface area contributed by atoms with Gasteiger partial charge in [0.2, 0.25) is 0 Å². The maximum Gasteiger partial charge on any atom is 0.300 e. The Hall–Kier alpha value is -3.28. The van der Waals surface area contributed by atoms with E-state index in [1.807, 2.05) is 0 Å². The number of carbonyl (C=O) groups excluding carboxylic acids is 2. The van der Waals surface area contributed by atoms with Gasteiger partial charge in [0.15, 0.2) is 0 Å². The van der Waals surface area contributed by atoms with Crippen molar-refractivity contribution in [3.63, 3.8) is 0 Å². The molecule has 7 heteroatoms. The maximum atomic E-state index is 13.0. The molecule has 1 atom stereocenters. The Kier molecular flexibility index (Phi) is 5.24. The Morgan fingerprint density at radius 3 is 2.13 bits per heavy atom. The number of halogens is 2. The Labute approximate surface area is 182 Å². The van der Waals surface area contributed by atoms with Crippen LogP contribution in [-0.2, 0) is 9.59 Å². The van der Waals surface area contributed by atoms with Gasteiger partial charge in [0.05, 0.1) is 11.6 Å². The van der Waals surface area contributed by atoms with E-state index in [0.29, 0.717) is 26.9 Å². The molecule has 1 unspecified atom stereocenters. The summed E-state index contributed by atoms with van der Waals surface area (Å²) in [4.78, 5) is 27.3. The monoisotopic (exact) mass is 439 g/mol. The number of benzene rings is 3. The molecule has 0 radical (unpaired) electrons. The molecule has 1 heterocycles. The summed E-state index contributed by atoms with van der Waals surface area (Å²) in [5.41, 5.74) is 1.19. The molecule has 1 aliphatic rings. The summed E-state index contributed by atoms with van der Waals surface area (Å²) in [6.45, 7) is 0. The number of aliphatic hydroxyl groups is 1. The van der Waals surface area contributed by atoms with Crippen molar-refractivity contribution < 1.29 is 19.8 Å². The van der Waals surface area contributed by atoms with Crippen molar-refractivity contribution in [3.8, 4) is 5.75 Å². The average molecular weight is 440 g/mol. The molecule has 150 valence electrons. The zero-order valence-electron chi connectivity index (χ0n) is 15.4. The highest BCUT2D eigenvalue weighted by molar-refractivity contribution is 6.51. The van der Waals surface area contributed by atoms with Crippen LogP contribution in [0.25, 0.3) is 5.76 Å². The summed E-state index contributed by atoms with van der Waals surface area (Å²) >= 11 is 12.1. The van der Waals surface area contributed by atoms with Crippen molar-refractivity contribution in [1.29, 1.82) is 0 Å². The average Bonchev–Trinajstić information content (AvgIpc) is 2.99. The zero-order chi connectivity index (χ0) is 21.4. The molecule has 0 aliphatic carbocycles. The van der Waals surface area contributed by atoms with Gasteiger partial charge in [-0.25, -0.2) is 0 Å². The van der Waals surface area contributed by atoms with E-state index < -0.39 is 17.7 Å². The molecular formula is C23H15Cl2NO4. The molecule has 1 amide bonds. The lowest BCUT2D eigenvalue weighted by atomic mass is 9.95. The molecule has 2 N–H and O–H groups in total. The smallest absolute Gasteiger partial charge is 0.300 e. The van der Waals surface area contributed by atoms with Gasteiger partial charge < -0.3 is 10.2 Å². The summed E-state index contributed by atoms with van der Waals surface area (Å²) in [5, 5.41) is 21.4. The largest absolute Gasteiger partial charge is 0.508 e. The molecule has 0 saturated carbocycles. The van der Waals surface area contributed by atoms with Crippen LogP contribution in [0.4, 0.5) is 5.69 Å². The lowest BCUT2D eigenvalue weighted by molar-refractivity contribution is -0.132. The van der Waals surface area contributed by atoms with E-state index in [2.05, 4.69) is 0 Å². The second kappa shape index (κ2) is 7.86. The van der Waals surface area contributed by atoms with Crippen molar-refractivity contribution >= 4 is 46.3 Å². The van der Waals surface area contributed by atoms with E-state index in [4.69, 9.17) is 23.2 Å². The molecular weight excluding hydrogens is 425 g/mol. The number of Topliss-reactive ketones (excluding diaryl/α,β-unsaturated/α-hetero) is 1. The fourth-order valence-corrected chi connectivity index (χ4v) is 3.86. The van der Waals surface area contributed by atoms with Crippen LogP contribution in [0.15, 0.2) is 78.4 Å². The van der Waals surface area contributed by atoms with Crippen LogP contribution < -0.4 is 4.90 Å². The van der Waals surface area contributed by atoms with E-state index in [-0.39, 0.29) is 17.1 Å². The number of hydrogen-bond acceptors (Lipinski definition) is 4. The molecule has 3 aromatic carbocycles. The van der Waals surface area contributed by atoms with Gasteiger partial charge in [0.1, 0.15) is 11.5 Å². The highest BCUT2D eigenvalue weighted by Gasteiger charge is 2.47. The predicted molar refractivity (Wildman–Crippen MR) is 116 cm³/mol. The van der Waals surface area contributed by atoms with Crippen LogP contribution in [0.3, 0.4) is 0 Å². The van der Waals surface area contributed by atoms with E-state index in [9.17, 15) is 19.8 Å². The van der Waals surface area contributed by atoms with Crippen molar-refractivity contribution in [2.75, 3.05) is 4.90 Å². The first-order chi connectivity index (χ1) is 14.4. The van der Waals surface area contributed by atoms with E-state index in [0.717, 1.165) is 0 Å². The summed E-state index contributed by atoms with van der Waals surface area (Å²) in [7, 11) is 0. The number of carbonyl (C=O) groups is 2. The van der Waals surface area contributed by atoms with Gasteiger partial charge in [0.25, 0.3) is 11.7 Å². The van der Waals surface area contributed by atoms with Crippen LogP contribution in [0.5, 0.6) is 5.75 Å². The lowest BCUT2D eigenvalue weighted by Gasteiger charge is -2.25. The first-order valence-corrected chi connectivity index (χ1v) is 9.74. The van der Waals surface area contributed by atoms with E-state index in [1.165, 1.54) is 23.1 Å². The molecule has 30 heavy (non-hydrogen) atoms. The molecule has 0 aromatic heterocycles. The van der Waals surface area contributed by atoms with Gasteiger partial charge in [-0.2, -0.15) is 0 Å². The third-order valence-corrected chi connectivity index (χ3v) is 5.31. The summed E-state index contributed by atoms with van der Waals surface area (Å²) in [6.07, 6.45) is 0. The van der Waals surface area contributed by atoms with Crippen molar-refractivity contribution in [3.05, 3.63) is 99.5 Å². The van der Waals surface area contributed by atoms with Gasteiger partial charge >= 0.3 is 0 Å². The number of amides is 1. The normalized spacial score (nSPS) is 18.1. The van der Waals surface area contributed by atoms with Crippen LogP contribution in [0.2, 0.25) is 10.0 Å². The minimum Gasteiger partial charge on any atom is -0.508 e. The van der Waals surface area contributed by atoms with Gasteiger partial charge in [0, 0.05) is 21.3 Å². The highest BCUT2D eigenvalue weighted by atomic mass is 35.5. The van der Waals surface area contributed by atoms with Crippen LogP contribution >= 0.6 is 23.2 Å². The highest BCUT2D eigenvalue weighted by Crippen LogP contribution is 2.43. The number of aliphatic hydroxyl groups excluding tert-OH is 1. The lowest BCUT2D eigenvalue weighted by Crippen LogP contribution is -2.29. The summed E-state index contributed by atoms with van der Waals surface area (Å²) in [5.74, 6) is -1.92. The number of anilines is 1. The van der Waals surface area contributed by atoms with Crippen molar-refractivity contribution in [2.45, 2.75) is 6.04 Å². The first kappa shape index (κ1) is 20.0. The second-order valence-electron chi connectivity index (χ2n) is 6.75. The molecule has 1 aliphatic heterocycles. The number of hydrogen-bond donors (Lipinski definition) is 2. The molecule has 1 fully saturated rings. The molecule has 1 saturated heterocycles. The van der Waals surface area contributed by atoms with Crippen LogP contribution in [0, 0.1) is 0 Å². The van der Waals surface area contributed by atoms with Gasteiger partial charge in [-0.1, -0.05) is 53.5 Å². The van der Waals surface area contributed by atoms with Gasteiger partial charge in [-0.15, -0.1) is 0 Å². The fraction of sp³-hybridized carbons (Fsp3) is 0.0435. The number of aromatic hydroxyl groups is 1. The Balaban J connectivity index is 1.96. The minimum absolute atomic E-state index is 0.0355. The number of ketones is 1. The van der Waals surface area contributed by atoms with Crippen LogP contribution in [0.1, 0.15) is 17.2 Å². The summed E-state index contributed by atoms with van der Waals surface area (Å²) < 4.78 is 0. The number of rotatable bonds is 3. The van der Waals surface area contributed by atoms with E-state index in [1.54, 1.807) is 54.6 Å². The van der Waals surface area contributed by atoms with Crippen LogP contribution in [-0.4, -0.2) is 21.9 Å². The second-order valence-corrected chi connectivity index (χ2v) is 7.62. The number of phenolic OH excluding ortho intramolecular Hbond substituents is 1. The molecule has 0 spiro atoms. The third kappa shape index (κ3) is 3.54. The number of phenols is 1. The number of nitrogens with zero attached hydrogens (tertiary/aromatic N) is 1. The molecule has 5 nitrogen and oxygen atoms in total. The van der Waals surface area contributed by atoms with Gasteiger partial charge in [-0.3, -0.25) is 14.5 Å². The predicted octanol–water partition coefficient (Wildman–Crippen LogP) is 5.33. The third-order valence-electron chi connectivity index (χ3n) is 4.84. The molecule has 3 aromatic rings. The zero-order valence-corrected chi connectivity index (χ0v) is 16.9. The molecule has 0 bridgehead atoms. The van der Waals surface area contributed by atoms with Crippen molar-refractivity contribution in [2.24, 2.45) is 0 Å². The van der Waals surface area contributed by atoms with Crippen molar-refractivity contribution in [1.82, 2.24) is 0 Å². The quantitative estimate of drug-likeness (QED) is 0.328.